The number of benzene rings is 1. The number of amides is 1. The molecule has 0 radical (unpaired) electrons. The van der Waals surface area contributed by atoms with Crippen LogP contribution in [0.2, 0.25) is 10.0 Å². The summed E-state index contributed by atoms with van der Waals surface area (Å²) in [7, 11) is 1.66. The van der Waals surface area contributed by atoms with Crippen molar-refractivity contribution >= 4 is 29.1 Å². The van der Waals surface area contributed by atoms with E-state index in [9.17, 15) is 9.90 Å². The second-order valence-electron chi connectivity index (χ2n) is 5.38. The molecule has 1 heterocycles. The molecule has 22 heavy (non-hydrogen) atoms. The zero-order valence-corrected chi connectivity index (χ0v) is 14.0. The van der Waals surface area contributed by atoms with Gasteiger partial charge in [-0.2, -0.15) is 0 Å². The van der Waals surface area contributed by atoms with Gasteiger partial charge in [-0.3, -0.25) is 9.69 Å². The van der Waals surface area contributed by atoms with Crippen molar-refractivity contribution in [1.82, 2.24) is 9.80 Å². The Kier molecular flexibility index (Phi) is 6.47. The molecule has 1 atom stereocenters. The lowest BCUT2D eigenvalue weighted by molar-refractivity contribution is 0.00879. The van der Waals surface area contributed by atoms with Gasteiger partial charge in [0.25, 0.3) is 5.91 Å². The minimum absolute atomic E-state index is 0.195. The molecule has 5 nitrogen and oxygen atoms in total. The van der Waals surface area contributed by atoms with Crippen molar-refractivity contribution in [1.29, 1.82) is 0 Å². The first kappa shape index (κ1) is 17.5. The third-order valence-electron chi connectivity index (χ3n) is 3.57. The number of carbonyl (C=O) groups is 1. The number of aliphatic hydroxyl groups excluding tert-OH is 1. The molecule has 1 aliphatic heterocycles. The van der Waals surface area contributed by atoms with Gasteiger partial charge in [0.2, 0.25) is 0 Å². The molecule has 0 aromatic heterocycles. The van der Waals surface area contributed by atoms with Crippen LogP contribution < -0.4 is 0 Å². The molecule has 0 bridgehead atoms. The zero-order valence-electron chi connectivity index (χ0n) is 12.5. The Morgan fingerprint density at radius 1 is 1.36 bits per heavy atom. The lowest BCUT2D eigenvalue weighted by atomic mass is 10.2. The summed E-state index contributed by atoms with van der Waals surface area (Å²) in [4.78, 5) is 15.9. The third kappa shape index (κ3) is 4.83. The quantitative estimate of drug-likeness (QED) is 0.882. The number of carbonyl (C=O) groups excluding carboxylic acids is 1. The molecule has 122 valence electrons. The summed E-state index contributed by atoms with van der Waals surface area (Å²) in [6.45, 7) is 3.78. The number of aliphatic hydroxyl groups is 1. The maximum Gasteiger partial charge on any atom is 0.253 e. The predicted octanol–water partition coefficient (Wildman–Crippen LogP) is 1.76. The SMILES string of the molecule is CN(CC(O)CN1CCOCC1)C(=O)c1ccc(Cl)c(Cl)c1. The predicted molar refractivity (Wildman–Crippen MR) is 86.7 cm³/mol. The van der Waals surface area contributed by atoms with E-state index < -0.39 is 6.10 Å². The average Bonchev–Trinajstić information content (AvgIpc) is 2.50. The fourth-order valence-corrected chi connectivity index (χ4v) is 2.69. The van der Waals surface area contributed by atoms with Crippen LogP contribution in [0.1, 0.15) is 10.4 Å². The zero-order chi connectivity index (χ0) is 16.1. The number of likely N-dealkylation sites (N-methyl/N-ethyl adjacent to an activating group) is 1. The van der Waals surface area contributed by atoms with Crippen LogP contribution in [-0.2, 0) is 4.74 Å². The van der Waals surface area contributed by atoms with Crippen LogP contribution in [0.25, 0.3) is 0 Å². The molecule has 0 aliphatic carbocycles. The summed E-state index contributed by atoms with van der Waals surface area (Å²) >= 11 is 11.8. The van der Waals surface area contributed by atoms with Crippen LogP contribution >= 0.6 is 23.2 Å². The largest absolute Gasteiger partial charge is 0.390 e. The Hall–Kier alpha value is -0.850. The molecule has 0 spiro atoms. The Morgan fingerprint density at radius 3 is 2.68 bits per heavy atom. The number of hydrogen-bond donors (Lipinski definition) is 1. The van der Waals surface area contributed by atoms with E-state index in [0.717, 1.165) is 13.1 Å². The van der Waals surface area contributed by atoms with E-state index in [4.69, 9.17) is 27.9 Å². The fourth-order valence-electron chi connectivity index (χ4n) is 2.39. The summed E-state index contributed by atoms with van der Waals surface area (Å²) < 4.78 is 5.27. The number of ether oxygens (including phenoxy) is 1. The number of rotatable bonds is 5. The van der Waals surface area contributed by atoms with Crippen LogP contribution in [0, 0.1) is 0 Å². The molecule has 1 N–H and O–H groups in total. The van der Waals surface area contributed by atoms with Gasteiger partial charge in [-0.1, -0.05) is 23.2 Å². The topological polar surface area (TPSA) is 53.0 Å². The highest BCUT2D eigenvalue weighted by molar-refractivity contribution is 6.42. The fraction of sp³-hybridized carbons (Fsp3) is 0.533. The maximum atomic E-state index is 12.3. The first-order chi connectivity index (χ1) is 10.5. The number of nitrogens with zero attached hydrogens (tertiary/aromatic N) is 2. The van der Waals surface area contributed by atoms with Crippen molar-refractivity contribution in [2.75, 3.05) is 46.4 Å². The molecule has 1 saturated heterocycles. The molecular formula is C15H20Cl2N2O3. The molecule has 1 aromatic rings. The standard InChI is InChI=1S/C15H20Cl2N2O3/c1-18(9-12(20)10-19-4-6-22-7-5-19)15(21)11-2-3-13(16)14(17)8-11/h2-3,8,12,20H,4-7,9-10H2,1H3. The van der Waals surface area contributed by atoms with E-state index >= 15 is 0 Å². The number of morpholine rings is 1. The Bertz CT molecular complexity index is 522. The lowest BCUT2D eigenvalue weighted by Crippen LogP contribution is -2.45. The first-order valence-electron chi connectivity index (χ1n) is 7.16. The molecule has 1 aromatic carbocycles. The van der Waals surface area contributed by atoms with Gasteiger partial charge in [0.15, 0.2) is 0 Å². The van der Waals surface area contributed by atoms with Crippen molar-refractivity contribution in [3.8, 4) is 0 Å². The van der Waals surface area contributed by atoms with Gasteiger partial charge in [-0.15, -0.1) is 0 Å². The second kappa shape index (κ2) is 8.13. The van der Waals surface area contributed by atoms with Crippen LogP contribution in [0.3, 0.4) is 0 Å². The lowest BCUT2D eigenvalue weighted by Gasteiger charge is -2.30. The molecule has 7 heteroatoms. The van der Waals surface area contributed by atoms with Gasteiger partial charge >= 0.3 is 0 Å². The second-order valence-corrected chi connectivity index (χ2v) is 6.20. The van der Waals surface area contributed by atoms with E-state index in [2.05, 4.69) is 4.90 Å². The number of halogens is 2. The van der Waals surface area contributed by atoms with E-state index in [1.165, 1.54) is 11.0 Å². The van der Waals surface area contributed by atoms with Gasteiger partial charge in [-0.25, -0.2) is 0 Å². The monoisotopic (exact) mass is 346 g/mol. The van der Waals surface area contributed by atoms with Crippen LogP contribution in [0.4, 0.5) is 0 Å². The molecule has 0 saturated carbocycles. The smallest absolute Gasteiger partial charge is 0.253 e. The Morgan fingerprint density at radius 2 is 2.05 bits per heavy atom. The Labute approximate surface area is 140 Å². The summed E-state index contributed by atoms with van der Waals surface area (Å²) in [6, 6.07) is 4.76. The molecule has 1 aliphatic rings. The highest BCUT2D eigenvalue weighted by Crippen LogP contribution is 2.23. The van der Waals surface area contributed by atoms with Crippen molar-refractivity contribution in [3.05, 3.63) is 33.8 Å². The maximum absolute atomic E-state index is 12.3. The highest BCUT2D eigenvalue weighted by Gasteiger charge is 2.19. The minimum atomic E-state index is -0.602. The minimum Gasteiger partial charge on any atom is -0.390 e. The van der Waals surface area contributed by atoms with E-state index in [1.807, 2.05) is 0 Å². The highest BCUT2D eigenvalue weighted by atomic mass is 35.5. The van der Waals surface area contributed by atoms with E-state index in [1.54, 1.807) is 19.2 Å². The number of β-amino-alcohol motifs (C(OH)–C–C–N with tert-alkyl or cyclic N) is 1. The van der Waals surface area contributed by atoms with Gasteiger partial charge in [0.1, 0.15) is 0 Å². The molecule has 1 fully saturated rings. The van der Waals surface area contributed by atoms with Crippen LogP contribution in [0.5, 0.6) is 0 Å². The van der Waals surface area contributed by atoms with Crippen molar-refractivity contribution in [2.24, 2.45) is 0 Å². The van der Waals surface area contributed by atoms with Crippen molar-refractivity contribution < 1.29 is 14.6 Å². The number of hydrogen-bond acceptors (Lipinski definition) is 4. The molecule has 2 rings (SSSR count). The van der Waals surface area contributed by atoms with E-state index in [0.29, 0.717) is 35.4 Å². The van der Waals surface area contributed by atoms with E-state index in [-0.39, 0.29) is 12.5 Å². The van der Waals surface area contributed by atoms with Crippen LogP contribution in [0.15, 0.2) is 18.2 Å². The first-order valence-corrected chi connectivity index (χ1v) is 7.91. The molecular weight excluding hydrogens is 327 g/mol. The summed E-state index contributed by atoms with van der Waals surface area (Å²) in [5.41, 5.74) is 0.454. The molecule has 1 amide bonds. The molecule has 1 unspecified atom stereocenters. The third-order valence-corrected chi connectivity index (χ3v) is 4.31. The van der Waals surface area contributed by atoms with Crippen LogP contribution in [-0.4, -0.2) is 73.4 Å². The normalized spacial score (nSPS) is 17.3. The average molecular weight is 347 g/mol. The van der Waals surface area contributed by atoms with Gasteiger partial charge in [-0.05, 0) is 18.2 Å². The Balaban J connectivity index is 1.88. The van der Waals surface area contributed by atoms with Crippen molar-refractivity contribution in [3.63, 3.8) is 0 Å². The summed E-state index contributed by atoms with van der Waals surface area (Å²) in [5.74, 6) is -0.195. The van der Waals surface area contributed by atoms with Gasteiger partial charge < -0.3 is 14.7 Å². The van der Waals surface area contributed by atoms with Gasteiger partial charge in [0.05, 0.1) is 29.4 Å². The summed E-state index contributed by atoms with van der Waals surface area (Å²) in [6.07, 6.45) is -0.602. The summed E-state index contributed by atoms with van der Waals surface area (Å²) in [5, 5.41) is 10.9. The van der Waals surface area contributed by atoms with Gasteiger partial charge in [0, 0.05) is 38.8 Å². The van der Waals surface area contributed by atoms with Crippen molar-refractivity contribution in [2.45, 2.75) is 6.10 Å².